The van der Waals surface area contributed by atoms with Crippen LogP contribution < -0.4 is 10.6 Å². The molecule has 0 unspecified atom stereocenters. The van der Waals surface area contributed by atoms with Gasteiger partial charge in [-0.15, -0.1) is 11.3 Å². The zero-order valence-corrected chi connectivity index (χ0v) is 14.0. The van der Waals surface area contributed by atoms with E-state index in [1.165, 1.54) is 16.0 Å². The minimum absolute atomic E-state index is 0.373. The molecule has 0 saturated carbocycles. The molecule has 2 N–H and O–H groups in total. The van der Waals surface area contributed by atoms with Gasteiger partial charge in [0.25, 0.3) is 0 Å². The van der Waals surface area contributed by atoms with E-state index in [0.29, 0.717) is 5.92 Å². The predicted molar refractivity (Wildman–Crippen MR) is 91.3 cm³/mol. The van der Waals surface area contributed by atoms with E-state index in [9.17, 15) is 0 Å². The second-order valence-corrected chi connectivity index (χ2v) is 6.45. The molecule has 2 aromatic rings. The lowest BCUT2D eigenvalue weighted by atomic mass is 10.0. The van der Waals surface area contributed by atoms with Gasteiger partial charge in [-0.2, -0.15) is 0 Å². The summed E-state index contributed by atoms with van der Waals surface area (Å²) in [6.07, 6.45) is 2.71. The molecule has 0 saturated heterocycles. The molecule has 0 fully saturated rings. The van der Waals surface area contributed by atoms with Crippen molar-refractivity contribution >= 4 is 23.0 Å². The fourth-order valence-corrected chi connectivity index (χ4v) is 3.06. The first-order valence-corrected chi connectivity index (χ1v) is 8.37. The van der Waals surface area contributed by atoms with Crippen LogP contribution in [0, 0.1) is 6.92 Å². The molecule has 4 nitrogen and oxygen atoms in total. The summed E-state index contributed by atoms with van der Waals surface area (Å²) in [5.74, 6) is 2.26. The van der Waals surface area contributed by atoms with Gasteiger partial charge in [-0.05, 0) is 36.3 Å². The second-order valence-electron chi connectivity index (χ2n) is 5.45. The molecule has 0 aliphatic rings. The number of aromatic nitrogens is 2. The molecule has 2 aromatic heterocycles. The first-order valence-electron chi connectivity index (χ1n) is 7.49. The van der Waals surface area contributed by atoms with Crippen molar-refractivity contribution in [3.8, 4) is 0 Å². The molecule has 0 aliphatic carbocycles. The molecule has 0 spiro atoms. The Morgan fingerprint density at radius 1 is 1.19 bits per heavy atom. The SMILES string of the molecule is CCCNc1ncnc(NCc2sccc2C)c1C(C)C. The average molecular weight is 304 g/mol. The topological polar surface area (TPSA) is 49.8 Å². The number of hydrogen-bond acceptors (Lipinski definition) is 5. The molecule has 2 rings (SSSR count). The maximum Gasteiger partial charge on any atom is 0.135 e. The van der Waals surface area contributed by atoms with Crippen LogP contribution in [-0.4, -0.2) is 16.5 Å². The van der Waals surface area contributed by atoms with E-state index >= 15 is 0 Å². The normalized spacial score (nSPS) is 10.9. The van der Waals surface area contributed by atoms with Crippen LogP contribution in [0.3, 0.4) is 0 Å². The van der Waals surface area contributed by atoms with Crippen molar-refractivity contribution in [1.29, 1.82) is 0 Å². The molecule has 21 heavy (non-hydrogen) atoms. The number of hydrogen-bond donors (Lipinski definition) is 2. The standard InChI is InChI=1S/C16H24N4S/c1-5-7-17-15-14(11(2)3)16(20-10-19-15)18-9-13-12(4)6-8-21-13/h6,8,10-11H,5,7,9H2,1-4H3,(H2,17,18,19,20). The van der Waals surface area contributed by atoms with Crippen molar-refractivity contribution in [2.75, 3.05) is 17.2 Å². The zero-order valence-electron chi connectivity index (χ0n) is 13.2. The summed E-state index contributed by atoms with van der Waals surface area (Å²) in [5, 5.41) is 9.00. The van der Waals surface area contributed by atoms with E-state index in [4.69, 9.17) is 0 Å². The first kappa shape index (κ1) is 15.8. The number of rotatable bonds is 7. The number of anilines is 2. The van der Waals surface area contributed by atoms with Crippen LogP contribution in [0.15, 0.2) is 17.8 Å². The van der Waals surface area contributed by atoms with Gasteiger partial charge in [-0.1, -0.05) is 20.8 Å². The molecule has 0 aliphatic heterocycles. The van der Waals surface area contributed by atoms with E-state index < -0.39 is 0 Å². The predicted octanol–water partition coefficient (Wildman–Crippen LogP) is 4.40. The Bertz CT molecular complexity index is 577. The Hall–Kier alpha value is -1.62. The van der Waals surface area contributed by atoms with Gasteiger partial charge >= 0.3 is 0 Å². The first-order chi connectivity index (χ1) is 10.1. The smallest absolute Gasteiger partial charge is 0.135 e. The lowest BCUT2D eigenvalue weighted by molar-refractivity contribution is 0.839. The number of nitrogens with zero attached hydrogens (tertiary/aromatic N) is 2. The van der Waals surface area contributed by atoms with Gasteiger partial charge in [0.05, 0.1) is 6.54 Å². The highest BCUT2D eigenvalue weighted by Crippen LogP contribution is 2.29. The minimum atomic E-state index is 0.373. The van der Waals surface area contributed by atoms with Gasteiger partial charge in [0.2, 0.25) is 0 Å². The summed E-state index contributed by atoms with van der Waals surface area (Å²) in [6.45, 7) is 10.4. The van der Waals surface area contributed by atoms with Crippen molar-refractivity contribution in [2.24, 2.45) is 0 Å². The molecule has 2 heterocycles. The quantitative estimate of drug-likeness (QED) is 0.796. The Labute approximate surface area is 131 Å². The lowest BCUT2D eigenvalue weighted by Gasteiger charge is -2.17. The van der Waals surface area contributed by atoms with Crippen LogP contribution in [0.5, 0.6) is 0 Å². The van der Waals surface area contributed by atoms with Crippen molar-refractivity contribution < 1.29 is 0 Å². The van der Waals surface area contributed by atoms with Crippen LogP contribution in [0.2, 0.25) is 0 Å². The summed E-state index contributed by atoms with van der Waals surface area (Å²) >= 11 is 1.78. The maximum atomic E-state index is 4.44. The van der Waals surface area contributed by atoms with Gasteiger partial charge < -0.3 is 10.6 Å². The van der Waals surface area contributed by atoms with Crippen LogP contribution in [0.25, 0.3) is 0 Å². The van der Waals surface area contributed by atoms with E-state index in [0.717, 1.165) is 31.1 Å². The number of aryl methyl sites for hydroxylation is 1. The largest absolute Gasteiger partial charge is 0.370 e. The number of thiophene rings is 1. The fraction of sp³-hybridized carbons (Fsp3) is 0.500. The van der Waals surface area contributed by atoms with Crippen molar-refractivity contribution in [3.05, 3.63) is 33.8 Å². The van der Waals surface area contributed by atoms with E-state index in [2.05, 4.69) is 59.7 Å². The van der Waals surface area contributed by atoms with Crippen LogP contribution in [-0.2, 0) is 6.54 Å². The molecule has 114 valence electrons. The van der Waals surface area contributed by atoms with E-state index in [-0.39, 0.29) is 0 Å². The molecule has 5 heteroatoms. The van der Waals surface area contributed by atoms with Crippen LogP contribution in [0.4, 0.5) is 11.6 Å². The van der Waals surface area contributed by atoms with Crippen molar-refractivity contribution in [1.82, 2.24) is 9.97 Å². The summed E-state index contributed by atoms with van der Waals surface area (Å²) in [5.41, 5.74) is 2.50. The average Bonchev–Trinajstić information content (AvgIpc) is 2.87. The third kappa shape index (κ3) is 3.94. The molecular weight excluding hydrogens is 280 g/mol. The summed E-state index contributed by atoms with van der Waals surface area (Å²) < 4.78 is 0. The Morgan fingerprint density at radius 2 is 1.90 bits per heavy atom. The number of nitrogens with one attached hydrogen (secondary N) is 2. The second kappa shape index (κ2) is 7.41. The highest BCUT2D eigenvalue weighted by atomic mass is 32.1. The monoisotopic (exact) mass is 304 g/mol. The highest BCUT2D eigenvalue weighted by molar-refractivity contribution is 7.10. The van der Waals surface area contributed by atoms with Gasteiger partial charge in [0.15, 0.2) is 0 Å². The van der Waals surface area contributed by atoms with Crippen molar-refractivity contribution in [2.45, 2.75) is 46.6 Å². The Kier molecular flexibility index (Phi) is 5.56. The zero-order chi connectivity index (χ0) is 15.2. The minimum Gasteiger partial charge on any atom is -0.370 e. The maximum absolute atomic E-state index is 4.44. The van der Waals surface area contributed by atoms with Gasteiger partial charge in [-0.3, -0.25) is 0 Å². The summed E-state index contributed by atoms with van der Waals surface area (Å²) in [6, 6.07) is 2.15. The van der Waals surface area contributed by atoms with E-state index in [1.807, 2.05) is 0 Å². The van der Waals surface area contributed by atoms with Crippen LogP contribution >= 0.6 is 11.3 Å². The molecule has 0 amide bonds. The third-order valence-corrected chi connectivity index (χ3v) is 4.41. The fourth-order valence-electron chi connectivity index (χ4n) is 2.22. The van der Waals surface area contributed by atoms with Gasteiger partial charge in [0.1, 0.15) is 18.0 Å². The molecular formula is C16H24N4S. The Morgan fingerprint density at radius 3 is 2.48 bits per heavy atom. The van der Waals surface area contributed by atoms with Crippen LogP contribution in [0.1, 0.15) is 49.1 Å². The molecule has 0 aromatic carbocycles. The van der Waals surface area contributed by atoms with Gasteiger partial charge in [0, 0.05) is 17.0 Å². The molecule has 0 radical (unpaired) electrons. The lowest BCUT2D eigenvalue weighted by Crippen LogP contribution is -2.11. The highest BCUT2D eigenvalue weighted by Gasteiger charge is 2.14. The summed E-state index contributed by atoms with van der Waals surface area (Å²) in [4.78, 5) is 10.2. The van der Waals surface area contributed by atoms with Crippen molar-refractivity contribution in [3.63, 3.8) is 0 Å². The molecule has 0 atom stereocenters. The van der Waals surface area contributed by atoms with Gasteiger partial charge in [-0.25, -0.2) is 9.97 Å². The summed E-state index contributed by atoms with van der Waals surface area (Å²) in [7, 11) is 0. The van der Waals surface area contributed by atoms with E-state index in [1.54, 1.807) is 17.7 Å². The molecule has 0 bridgehead atoms. The third-order valence-electron chi connectivity index (χ3n) is 3.39. The Balaban J connectivity index is 2.19.